The van der Waals surface area contributed by atoms with Crippen LogP contribution in [-0.4, -0.2) is 23.9 Å². The molecule has 0 aliphatic heterocycles. The third-order valence-corrected chi connectivity index (χ3v) is 2.97. The van der Waals surface area contributed by atoms with Crippen molar-refractivity contribution in [2.75, 3.05) is 13.7 Å². The maximum absolute atomic E-state index is 13.2. The highest BCUT2D eigenvalue weighted by Gasteiger charge is 2.17. The van der Waals surface area contributed by atoms with E-state index in [1.54, 1.807) is 6.07 Å². The smallest absolute Gasteiger partial charge is 0.259 e. The Labute approximate surface area is 111 Å². The quantitative estimate of drug-likeness (QED) is 0.937. The first-order valence-corrected chi connectivity index (χ1v) is 5.94. The zero-order chi connectivity index (χ0) is 13.1. The minimum absolute atomic E-state index is 0.211. The van der Waals surface area contributed by atoms with Crippen LogP contribution in [-0.2, 0) is 4.74 Å². The molecule has 1 atom stereocenters. The maximum Gasteiger partial charge on any atom is 0.259 e. The highest BCUT2D eigenvalue weighted by Crippen LogP contribution is 2.28. The average molecular weight is 316 g/mol. The fourth-order valence-corrected chi connectivity index (χ4v) is 1.83. The van der Waals surface area contributed by atoms with Crippen molar-refractivity contribution in [3.63, 3.8) is 0 Å². The van der Waals surface area contributed by atoms with Crippen molar-refractivity contribution in [1.29, 1.82) is 0 Å². The molecule has 0 saturated heterocycles. The number of halogens is 2. The average Bonchev–Trinajstić information content (AvgIpc) is 2.82. The van der Waals surface area contributed by atoms with Crippen LogP contribution in [0.5, 0.6) is 0 Å². The maximum atomic E-state index is 13.2. The van der Waals surface area contributed by atoms with Gasteiger partial charge in [-0.25, -0.2) is 4.39 Å². The van der Waals surface area contributed by atoms with E-state index < -0.39 is 6.04 Å². The minimum Gasteiger partial charge on any atom is -0.383 e. The molecule has 18 heavy (non-hydrogen) atoms. The summed E-state index contributed by atoms with van der Waals surface area (Å²) in [6, 6.07) is 3.74. The topological polar surface area (TPSA) is 74.2 Å². The molecule has 2 aromatic rings. The Bertz CT molecular complexity index is 547. The lowest BCUT2D eigenvalue weighted by molar-refractivity contribution is 0.177. The largest absolute Gasteiger partial charge is 0.383 e. The van der Waals surface area contributed by atoms with E-state index in [4.69, 9.17) is 15.0 Å². The first-order chi connectivity index (χ1) is 8.61. The van der Waals surface area contributed by atoms with Crippen LogP contribution >= 0.6 is 15.9 Å². The van der Waals surface area contributed by atoms with Crippen molar-refractivity contribution in [1.82, 2.24) is 10.1 Å². The zero-order valence-electron chi connectivity index (χ0n) is 9.56. The van der Waals surface area contributed by atoms with Gasteiger partial charge in [0.1, 0.15) is 5.82 Å². The highest BCUT2D eigenvalue weighted by molar-refractivity contribution is 9.10. The van der Waals surface area contributed by atoms with Gasteiger partial charge in [-0.05, 0) is 34.1 Å². The Hall–Kier alpha value is -1.31. The molecule has 2 N–H and O–H groups in total. The Morgan fingerprint density at radius 2 is 2.33 bits per heavy atom. The van der Waals surface area contributed by atoms with Crippen LogP contribution < -0.4 is 5.73 Å². The monoisotopic (exact) mass is 315 g/mol. The highest BCUT2D eigenvalue weighted by atomic mass is 79.9. The van der Waals surface area contributed by atoms with E-state index in [2.05, 4.69) is 26.1 Å². The number of ether oxygens (including phenoxy) is 1. The standard InChI is InChI=1S/C11H11BrFN3O2/c1-17-5-9(14)10-15-11(18-16-10)7-4-6(13)2-3-8(7)12/h2-4,9H,5,14H2,1H3. The molecule has 0 amide bonds. The van der Waals surface area contributed by atoms with Gasteiger partial charge in [-0.2, -0.15) is 4.98 Å². The summed E-state index contributed by atoms with van der Waals surface area (Å²) in [6.45, 7) is 0.281. The second kappa shape index (κ2) is 5.55. The fraction of sp³-hybridized carbons (Fsp3) is 0.273. The van der Waals surface area contributed by atoms with Gasteiger partial charge < -0.3 is 15.0 Å². The molecule has 1 aromatic heterocycles. The summed E-state index contributed by atoms with van der Waals surface area (Å²) in [4.78, 5) is 4.12. The lowest BCUT2D eigenvalue weighted by Crippen LogP contribution is -2.17. The van der Waals surface area contributed by atoms with E-state index in [0.717, 1.165) is 0 Å². The van der Waals surface area contributed by atoms with Crippen LogP contribution in [0.25, 0.3) is 11.5 Å². The number of aromatic nitrogens is 2. The van der Waals surface area contributed by atoms with Crippen LogP contribution in [0.15, 0.2) is 27.2 Å². The van der Waals surface area contributed by atoms with Crippen molar-refractivity contribution in [3.05, 3.63) is 34.3 Å². The first kappa shape index (κ1) is 13.1. The van der Waals surface area contributed by atoms with Crippen LogP contribution in [0.1, 0.15) is 11.9 Å². The lowest BCUT2D eigenvalue weighted by Gasteiger charge is -2.03. The molecule has 0 aliphatic carbocycles. The van der Waals surface area contributed by atoms with Gasteiger partial charge in [-0.15, -0.1) is 0 Å². The summed E-state index contributed by atoms with van der Waals surface area (Å²) in [7, 11) is 1.53. The second-order valence-electron chi connectivity index (χ2n) is 3.64. The molecular weight excluding hydrogens is 305 g/mol. The Kier molecular flexibility index (Phi) is 4.05. The van der Waals surface area contributed by atoms with Gasteiger partial charge in [-0.1, -0.05) is 5.16 Å². The van der Waals surface area contributed by atoms with Gasteiger partial charge in [0.05, 0.1) is 18.2 Å². The number of methoxy groups -OCH3 is 1. The fourth-order valence-electron chi connectivity index (χ4n) is 1.41. The van der Waals surface area contributed by atoms with Gasteiger partial charge in [0.2, 0.25) is 0 Å². The third-order valence-electron chi connectivity index (χ3n) is 2.28. The molecule has 96 valence electrons. The predicted molar refractivity (Wildman–Crippen MR) is 66.2 cm³/mol. The zero-order valence-corrected chi connectivity index (χ0v) is 11.1. The first-order valence-electron chi connectivity index (χ1n) is 5.15. The van der Waals surface area contributed by atoms with Crippen LogP contribution in [0.3, 0.4) is 0 Å². The molecule has 0 saturated carbocycles. The van der Waals surface area contributed by atoms with Crippen molar-refractivity contribution in [2.24, 2.45) is 5.73 Å². The molecule has 7 heteroatoms. The number of hydrogen-bond donors (Lipinski definition) is 1. The van der Waals surface area contributed by atoms with E-state index >= 15 is 0 Å². The molecule has 0 radical (unpaired) electrons. The molecule has 5 nitrogen and oxygen atoms in total. The van der Waals surface area contributed by atoms with Crippen molar-refractivity contribution in [2.45, 2.75) is 6.04 Å². The number of benzene rings is 1. The summed E-state index contributed by atoms with van der Waals surface area (Å²) in [5.41, 5.74) is 6.25. The Balaban J connectivity index is 2.32. The van der Waals surface area contributed by atoms with Gasteiger partial charge in [0.25, 0.3) is 5.89 Å². The van der Waals surface area contributed by atoms with E-state index in [-0.39, 0.29) is 18.3 Å². The Morgan fingerprint density at radius 1 is 1.56 bits per heavy atom. The second-order valence-corrected chi connectivity index (χ2v) is 4.50. The van der Waals surface area contributed by atoms with E-state index in [0.29, 0.717) is 15.9 Å². The number of hydrogen-bond acceptors (Lipinski definition) is 5. The molecule has 0 aliphatic rings. The van der Waals surface area contributed by atoms with E-state index in [1.807, 2.05) is 0 Å². The van der Waals surface area contributed by atoms with Crippen molar-refractivity contribution < 1.29 is 13.7 Å². The van der Waals surface area contributed by atoms with Crippen molar-refractivity contribution in [3.8, 4) is 11.5 Å². The summed E-state index contributed by atoms with van der Waals surface area (Å²) in [5, 5.41) is 3.75. The summed E-state index contributed by atoms with van der Waals surface area (Å²) >= 11 is 3.29. The minimum atomic E-state index is -0.472. The SMILES string of the molecule is COCC(N)c1noc(-c2cc(F)ccc2Br)n1. The van der Waals surface area contributed by atoms with E-state index in [9.17, 15) is 4.39 Å². The summed E-state index contributed by atoms with van der Waals surface area (Å²) in [6.07, 6.45) is 0. The normalized spacial score (nSPS) is 12.7. The van der Waals surface area contributed by atoms with Crippen LogP contribution in [0.4, 0.5) is 4.39 Å². The summed E-state index contributed by atoms with van der Waals surface area (Å²) < 4.78 is 23.8. The third kappa shape index (κ3) is 2.74. The molecule has 1 unspecified atom stereocenters. The molecule has 1 aromatic carbocycles. The molecule has 0 bridgehead atoms. The molecule has 0 fully saturated rings. The number of nitrogens with two attached hydrogens (primary N) is 1. The molecular formula is C11H11BrFN3O2. The van der Waals surface area contributed by atoms with Gasteiger partial charge in [-0.3, -0.25) is 0 Å². The number of rotatable bonds is 4. The van der Waals surface area contributed by atoms with E-state index in [1.165, 1.54) is 19.2 Å². The predicted octanol–water partition coefficient (Wildman–Crippen LogP) is 2.28. The van der Waals surface area contributed by atoms with Crippen LogP contribution in [0, 0.1) is 5.82 Å². The Morgan fingerprint density at radius 3 is 3.06 bits per heavy atom. The van der Waals surface area contributed by atoms with Gasteiger partial charge >= 0.3 is 0 Å². The lowest BCUT2D eigenvalue weighted by atomic mass is 10.2. The summed E-state index contributed by atoms with van der Waals surface area (Å²) in [5.74, 6) is 0.153. The molecule has 1 heterocycles. The van der Waals surface area contributed by atoms with Crippen molar-refractivity contribution >= 4 is 15.9 Å². The molecule has 0 spiro atoms. The number of nitrogens with zero attached hydrogens (tertiary/aromatic N) is 2. The van der Waals surface area contributed by atoms with Gasteiger partial charge in [0.15, 0.2) is 5.82 Å². The van der Waals surface area contributed by atoms with Crippen LogP contribution in [0.2, 0.25) is 0 Å². The molecule has 2 rings (SSSR count). The van der Waals surface area contributed by atoms with Gasteiger partial charge in [0, 0.05) is 11.6 Å².